The third kappa shape index (κ3) is 2.56. The van der Waals surface area contributed by atoms with Crippen LogP contribution in [0.4, 0.5) is 0 Å². The number of hydrogen-bond acceptors (Lipinski definition) is 4. The Morgan fingerprint density at radius 3 is 2.55 bits per heavy atom. The van der Waals surface area contributed by atoms with Gasteiger partial charge >= 0.3 is 5.97 Å². The van der Waals surface area contributed by atoms with E-state index in [0.717, 1.165) is 11.3 Å². The number of benzene rings is 2. The van der Waals surface area contributed by atoms with E-state index in [2.05, 4.69) is 5.16 Å². The van der Waals surface area contributed by atoms with Crippen LogP contribution in [0.5, 0.6) is 5.75 Å². The van der Waals surface area contributed by atoms with Gasteiger partial charge < -0.3 is 14.4 Å². The summed E-state index contributed by atoms with van der Waals surface area (Å²) in [6, 6.07) is 15.8. The van der Waals surface area contributed by atoms with Gasteiger partial charge in [0.2, 0.25) is 0 Å². The average molecular weight is 295 g/mol. The molecule has 0 saturated heterocycles. The second-order valence-corrected chi connectivity index (χ2v) is 4.66. The lowest BCUT2D eigenvalue weighted by molar-refractivity contribution is 0.0697. The highest BCUT2D eigenvalue weighted by molar-refractivity contribution is 5.95. The fourth-order valence-electron chi connectivity index (χ4n) is 2.19. The number of carboxylic acids is 1. The number of hydrogen-bond donors (Lipinski definition) is 1. The Kier molecular flexibility index (Phi) is 3.62. The molecule has 0 aliphatic carbocycles. The summed E-state index contributed by atoms with van der Waals surface area (Å²) in [7, 11) is 1.60. The normalized spacial score (nSPS) is 10.4. The van der Waals surface area contributed by atoms with Crippen LogP contribution in [0.2, 0.25) is 0 Å². The van der Waals surface area contributed by atoms with Crippen molar-refractivity contribution in [3.63, 3.8) is 0 Å². The number of aromatic carboxylic acids is 1. The largest absolute Gasteiger partial charge is 0.497 e. The van der Waals surface area contributed by atoms with Crippen LogP contribution in [0.25, 0.3) is 22.6 Å². The Morgan fingerprint density at radius 1 is 1.14 bits per heavy atom. The smallest absolute Gasteiger partial charge is 0.336 e. The van der Waals surface area contributed by atoms with E-state index in [1.54, 1.807) is 37.4 Å². The summed E-state index contributed by atoms with van der Waals surface area (Å²) in [6.07, 6.45) is 0. The molecular formula is C17H13NO4. The van der Waals surface area contributed by atoms with E-state index in [4.69, 9.17) is 9.26 Å². The van der Waals surface area contributed by atoms with Gasteiger partial charge in [-0.2, -0.15) is 0 Å². The minimum absolute atomic E-state index is 0.192. The van der Waals surface area contributed by atoms with Crippen LogP contribution >= 0.6 is 0 Å². The molecule has 0 radical (unpaired) electrons. The summed E-state index contributed by atoms with van der Waals surface area (Å²) in [5, 5.41) is 13.2. The minimum Gasteiger partial charge on any atom is -0.497 e. The van der Waals surface area contributed by atoms with E-state index in [-0.39, 0.29) is 5.56 Å². The third-order valence-electron chi connectivity index (χ3n) is 3.32. The second kappa shape index (κ2) is 5.73. The molecule has 3 aromatic rings. The maximum Gasteiger partial charge on any atom is 0.336 e. The van der Waals surface area contributed by atoms with Crippen molar-refractivity contribution in [2.45, 2.75) is 0 Å². The van der Waals surface area contributed by atoms with Crippen molar-refractivity contribution in [1.82, 2.24) is 5.16 Å². The maximum absolute atomic E-state index is 11.3. The van der Waals surface area contributed by atoms with Crippen molar-refractivity contribution in [2.24, 2.45) is 0 Å². The summed E-state index contributed by atoms with van der Waals surface area (Å²) < 4.78 is 10.4. The van der Waals surface area contributed by atoms with Crippen molar-refractivity contribution >= 4 is 5.97 Å². The Bertz CT molecular complexity index is 806. The molecule has 22 heavy (non-hydrogen) atoms. The molecule has 0 saturated carbocycles. The van der Waals surface area contributed by atoms with E-state index in [1.807, 2.05) is 24.3 Å². The highest BCUT2D eigenvalue weighted by Gasteiger charge is 2.15. The van der Waals surface area contributed by atoms with E-state index >= 15 is 0 Å². The first-order chi connectivity index (χ1) is 10.7. The molecule has 2 aromatic carbocycles. The van der Waals surface area contributed by atoms with Crippen LogP contribution < -0.4 is 4.74 Å². The first kappa shape index (κ1) is 13.9. The molecule has 0 bridgehead atoms. The van der Waals surface area contributed by atoms with Crippen LogP contribution in [0, 0.1) is 0 Å². The van der Waals surface area contributed by atoms with Gasteiger partial charge in [-0.25, -0.2) is 4.79 Å². The Hall–Kier alpha value is -3.08. The number of methoxy groups -OCH3 is 1. The van der Waals surface area contributed by atoms with E-state index in [1.165, 1.54) is 0 Å². The van der Waals surface area contributed by atoms with Crippen LogP contribution in [-0.2, 0) is 0 Å². The zero-order chi connectivity index (χ0) is 15.5. The van der Waals surface area contributed by atoms with Crippen LogP contribution in [0.15, 0.2) is 59.1 Å². The molecule has 1 aromatic heterocycles. The number of ether oxygens (including phenoxy) is 1. The summed E-state index contributed by atoms with van der Waals surface area (Å²) in [5.41, 5.74) is 2.05. The molecule has 5 nitrogen and oxygen atoms in total. The van der Waals surface area contributed by atoms with Gasteiger partial charge in [0.1, 0.15) is 11.4 Å². The summed E-state index contributed by atoms with van der Waals surface area (Å²) in [4.78, 5) is 11.3. The number of aromatic nitrogens is 1. The molecule has 0 spiro atoms. The number of nitrogens with zero attached hydrogens (tertiary/aromatic N) is 1. The molecule has 0 aliphatic rings. The zero-order valence-corrected chi connectivity index (χ0v) is 11.8. The third-order valence-corrected chi connectivity index (χ3v) is 3.32. The standard InChI is InChI=1S/C17H13NO4/c1-21-12-8-6-11(7-9-12)16-10-15(18-22-16)13-4-2-3-5-14(13)17(19)20/h2-10H,1H3,(H,19,20). The predicted octanol–water partition coefficient (Wildman–Crippen LogP) is 3.72. The van der Waals surface area contributed by atoms with E-state index < -0.39 is 5.97 Å². The topological polar surface area (TPSA) is 72.6 Å². The highest BCUT2D eigenvalue weighted by Crippen LogP contribution is 2.29. The second-order valence-electron chi connectivity index (χ2n) is 4.66. The van der Waals surface area contributed by atoms with Crippen LogP contribution in [0.3, 0.4) is 0 Å². The molecule has 1 N–H and O–H groups in total. The average Bonchev–Trinajstić information content (AvgIpc) is 3.04. The number of carbonyl (C=O) groups is 1. The van der Waals surface area contributed by atoms with Gasteiger partial charge in [-0.3, -0.25) is 0 Å². The van der Waals surface area contributed by atoms with Gasteiger partial charge in [0.25, 0.3) is 0 Å². The molecule has 110 valence electrons. The van der Waals surface area contributed by atoms with Crippen molar-refractivity contribution in [2.75, 3.05) is 7.11 Å². The summed E-state index contributed by atoms with van der Waals surface area (Å²) >= 11 is 0. The molecule has 3 rings (SSSR count). The first-order valence-electron chi connectivity index (χ1n) is 6.63. The van der Waals surface area contributed by atoms with Gasteiger partial charge in [0.05, 0.1) is 12.7 Å². The Morgan fingerprint density at radius 2 is 1.86 bits per heavy atom. The predicted molar refractivity (Wildman–Crippen MR) is 80.9 cm³/mol. The monoisotopic (exact) mass is 295 g/mol. The van der Waals surface area contributed by atoms with E-state index in [0.29, 0.717) is 17.0 Å². The Balaban J connectivity index is 1.98. The summed E-state index contributed by atoms with van der Waals surface area (Å²) in [6.45, 7) is 0. The lowest BCUT2D eigenvalue weighted by atomic mass is 10.0. The fraction of sp³-hybridized carbons (Fsp3) is 0.0588. The summed E-state index contributed by atoms with van der Waals surface area (Å²) in [5.74, 6) is 0.321. The lowest BCUT2D eigenvalue weighted by Crippen LogP contribution is -1.98. The highest BCUT2D eigenvalue weighted by atomic mass is 16.5. The SMILES string of the molecule is COc1ccc(-c2cc(-c3ccccc3C(=O)O)no2)cc1. The van der Waals surface area contributed by atoms with Gasteiger partial charge in [0.15, 0.2) is 5.76 Å². The molecule has 0 amide bonds. The Labute approximate surface area is 126 Å². The molecule has 0 aliphatic heterocycles. The van der Waals surface area contributed by atoms with Gasteiger partial charge in [0, 0.05) is 17.2 Å². The lowest BCUT2D eigenvalue weighted by Gasteiger charge is -2.01. The molecule has 5 heteroatoms. The number of carboxylic acid groups (broad SMARTS) is 1. The van der Waals surface area contributed by atoms with Gasteiger partial charge in [-0.15, -0.1) is 0 Å². The molecule has 0 unspecified atom stereocenters. The van der Waals surface area contributed by atoms with Gasteiger partial charge in [-0.1, -0.05) is 23.4 Å². The maximum atomic E-state index is 11.3. The quantitative estimate of drug-likeness (QED) is 0.794. The molecule has 0 atom stereocenters. The van der Waals surface area contributed by atoms with Crippen LogP contribution in [-0.4, -0.2) is 23.3 Å². The van der Waals surface area contributed by atoms with Gasteiger partial charge in [-0.05, 0) is 30.3 Å². The molecule has 1 heterocycles. The van der Waals surface area contributed by atoms with Crippen molar-refractivity contribution < 1.29 is 19.2 Å². The molecular weight excluding hydrogens is 282 g/mol. The van der Waals surface area contributed by atoms with Crippen molar-refractivity contribution in [3.05, 3.63) is 60.2 Å². The van der Waals surface area contributed by atoms with Crippen molar-refractivity contribution in [1.29, 1.82) is 0 Å². The first-order valence-corrected chi connectivity index (χ1v) is 6.63. The fourth-order valence-corrected chi connectivity index (χ4v) is 2.19. The number of rotatable bonds is 4. The molecule has 0 fully saturated rings. The van der Waals surface area contributed by atoms with E-state index in [9.17, 15) is 9.90 Å². The van der Waals surface area contributed by atoms with Crippen LogP contribution in [0.1, 0.15) is 10.4 Å². The zero-order valence-electron chi connectivity index (χ0n) is 11.8. The van der Waals surface area contributed by atoms with Crippen molar-refractivity contribution in [3.8, 4) is 28.3 Å². The minimum atomic E-state index is -0.996.